The maximum absolute atomic E-state index is 14.0. The molecule has 1 aliphatic rings. The highest BCUT2D eigenvalue weighted by atomic mass is 19.1. The molecule has 124 valence electrons. The van der Waals surface area contributed by atoms with E-state index < -0.39 is 0 Å². The van der Waals surface area contributed by atoms with Crippen LogP contribution in [0.3, 0.4) is 0 Å². The number of aromatic nitrogens is 2. The quantitative estimate of drug-likeness (QED) is 0.879. The fourth-order valence-electron chi connectivity index (χ4n) is 3.04. The van der Waals surface area contributed by atoms with Gasteiger partial charge in [0.15, 0.2) is 0 Å². The Balaban J connectivity index is 1.60. The molecule has 0 amide bonds. The van der Waals surface area contributed by atoms with Crippen molar-refractivity contribution in [1.29, 1.82) is 0 Å². The van der Waals surface area contributed by atoms with E-state index in [2.05, 4.69) is 34.9 Å². The van der Waals surface area contributed by atoms with E-state index in [4.69, 9.17) is 5.73 Å². The standard InChI is InChI=1S/C17H24FN5/c1-3-23-12-14(13(2)20-23)11-21-6-8-22(9-7-21)17-5-4-15(19)10-16(17)18/h4-5,10,12H,3,6-9,11,19H2,1-2H3. The first-order valence-electron chi connectivity index (χ1n) is 8.12. The van der Waals surface area contributed by atoms with Crippen LogP contribution in [0.2, 0.25) is 0 Å². The van der Waals surface area contributed by atoms with Gasteiger partial charge in [-0.25, -0.2) is 4.39 Å². The number of nitrogen functional groups attached to an aromatic ring is 1. The van der Waals surface area contributed by atoms with Crippen LogP contribution in [0.25, 0.3) is 0 Å². The highest BCUT2D eigenvalue weighted by molar-refractivity contribution is 5.54. The van der Waals surface area contributed by atoms with Crippen LogP contribution < -0.4 is 10.6 Å². The maximum atomic E-state index is 14.0. The Morgan fingerprint density at radius 1 is 1.22 bits per heavy atom. The molecule has 2 N–H and O–H groups in total. The van der Waals surface area contributed by atoms with Crippen LogP contribution in [-0.2, 0) is 13.1 Å². The molecule has 5 nitrogen and oxygen atoms in total. The molecule has 0 saturated carbocycles. The van der Waals surface area contributed by atoms with Gasteiger partial charge in [-0.1, -0.05) is 0 Å². The first kappa shape index (κ1) is 15.8. The predicted molar refractivity (Wildman–Crippen MR) is 90.9 cm³/mol. The summed E-state index contributed by atoms with van der Waals surface area (Å²) in [5.74, 6) is -0.237. The molecule has 6 heteroatoms. The molecular weight excluding hydrogens is 293 g/mol. The number of aryl methyl sites for hydroxylation is 2. The average molecular weight is 317 g/mol. The van der Waals surface area contributed by atoms with Crippen LogP contribution in [0.1, 0.15) is 18.2 Å². The zero-order chi connectivity index (χ0) is 16.4. The molecule has 0 atom stereocenters. The molecule has 1 aromatic heterocycles. The first-order chi connectivity index (χ1) is 11.1. The molecule has 2 aromatic rings. The van der Waals surface area contributed by atoms with E-state index in [0.29, 0.717) is 11.4 Å². The van der Waals surface area contributed by atoms with Gasteiger partial charge in [0, 0.05) is 56.7 Å². The first-order valence-corrected chi connectivity index (χ1v) is 8.12. The summed E-state index contributed by atoms with van der Waals surface area (Å²) in [5, 5.41) is 4.50. The van der Waals surface area contributed by atoms with E-state index in [1.54, 1.807) is 12.1 Å². The molecule has 0 aliphatic carbocycles. The second-order valence-corrected chi connectivity index (χ2v) is 6.07. The van der Waals surface area contributed by atoms with Crippen molar-refractivity contribution in [2.45, 2.75) is 26.9 Å². The minimum absolute atomic E-state index is 0.237. The monoisotopic (exact) mass is 317 g/mol. The molecule has 1 fully saturated rings. The smallest absolute Gasteiger partial charge is 0.148 e. The zero-order valence-corrected chi connectivity index (χ0v) is 13.8. The Bertz CT molecular complexity index is 674. The topological polar surface area (TPSA) is 50.3 Å². The van der Waals surface area contributed by atoms with Gasteiger partial charge in [0.1, 0.15) is 5.82 Å². The van der Waals surface area contributed by atoms with Crippen molar-refractivity contribution in [3.8, 4) is 0 Å². The van der Waals surface area contributed by atoms with Gasteiger partial charge in [0.2, 0.25) is 0 Å². The summed E-state index contributed by atoms with van der Waals surface area (Å²) in [5.41, 5.74) is 9.10. The van der Waals surface area contributed by atoms with E-state index in [9.17, 15) is 4.39 Å². The minimum atomic E-state index is -0.237. The van der Waals surface area contributed by atoms with Crippen LogP contribution in [0, 0.1) is 12.7 Å². The zero-order valence-electron chi connectivity index (χ0n) is 13.8. The van der Waals surface area contributed by atoms with Crippen molar-refractivity contribution >= 4 is 11.4 Å². The molecule has 1 saturated heterocycles. The van der Waals surface area contributed by atoms with Gasteiger partial charge in [-0.3, -0.25) is 9.58 Å². The van der Waals surface area contributed by atoms with E-state index >= 15 is 0 Å². The van der Waals surface area contributed by atoms with Gasteiger partial charge < -0.3 is 10.6 Å². The predicted octanol–water partition coefficient (Wildman–Crippen LogP) is 2.25. The minimum Gasteiger partial charge on any atom is -0.399 e. The molecule has 0 spiro atoms. The lowest BCUT2D eigenvalue weighted by molar-refractivity contribution is 0.248. The summed E-state index contributed by atoms with van der Waals surface area (Å²) in [6.07, 6.45) is 2.13. The third kappa shape index (κ3) is 3.47. The fourth-order valence-corrected chi connectivity index (χ4v) is 3.04. The van der Waals surface area contributed by atoms with Crippen molar-refractivity contribution in [2.75, 3.05) is 36.8 Å². The Morgan fingerprint density at radius 3 is 2.57 bits per heavy atom. The average Bonchev–Trinajstić information content (AvgIpc) is 2.89. The van der Waals surface area contributed by atoms with Crippen LogP contribution in [0.5, 0.6) is 0 Å². The van der Waals surface area contributed by atoms with Crippen molar-refractivity contribution < 1.29 is 4.39 Å². The van der Waals surface area contributed by atoms with Gasteiger partial charge in [-0.15, -0.1) is 0 Å². The van der Waals surface area contributed by atoms with Gasteiger partial charge >= 0.3 is 0 Å². The normalized spacial score (nSPS) is 16.0. The van der Waals surface area contributed by atoms with Crippen molar-refractivity contribution in [3.63, 3.8) is 0 Å². The Kier molecular flexibility index (Phi) is 4.52. The van der Waals surface area contributed by atoms with Crippen LogP contribution in [-0.4, -0.2) is 40.9 Å². The van der Waals surface area contributed by atoms with Gasteiger partial charge in [0.25, 0.3) is 0 Å². The van der Waals surface area contributed by atoms with Crippen LogP contribution >= 0.6 is 0 Å². The largest absolute Gasteiger partial charge is 0.399 e. The Morgan fingerprint density at radius 2 is 1.96 bits per heavy atom. The van der Waals surface area contributed by atoms with E-state index in [0.717, 1.165) is 45.0 Å². The lowest BCUT2D eigenvalue weighted by atomic mass is 10.2. The Hall–Kier alpha value is -2.08. The second kappa shape index (κ2) is 6.58. The maximum Gasteiger partial charge on any atom is 0.148 e. The van der Waals surface area contributed by atoms with Crippen molar-refractivity contribution in [3.05, 3.63) is 41.5 Å². The molecule has 1 aromatic carbocycles. The summed E-state index contributed by atoms with van der Waals surface area (Å²) in [6.45, 7) is 9.43. The number of hydrogen-bond acceptors (Lipinski definition) is 4. The highest BCUT2D eigenvalue weighted by Gasteiger charge is 2.20. The van der Waals surface area contributed by atoms with E-state index in [-0.39, 0.29) is 5.82 Å². The third-order valence-electron chi connectivity index (χ3n) is 4.45. The van der Waals surface area contributed by atoms with Crippen LogP contribution in [0.4, 0.5) is 15.8 Å². The highest BCUT2D eigenvalue weighted by Crippen LogP contribution is 2.23. The number of halogens is 1. The molecule has 2 heterocycles. The molecule has 0 radical (unpaired) electrons. The summed E-state index contributed by atoms with van der Waals surface area (Å²) in [7, 11) is 0. The number of piperazine rings is 1. The van der Waals surface area contributed by atoms with E-state index in [1.807, 2.05) is 4.68 Å². The molecule has 3 rings (SSSR count). The summed E-state index contributed by atoms with van der Waals surface area (Å²) in [4.78, 5) is 4.49. The second-order valence-electron chi connectivity index (χ2n) is 6.07. The number of nitrogens with two attached hydrogens (primary N) is 1. The Labute approximate surface area is 136 Å². The molecule has 0 bridgehead atoms. The van der Waals surface area contributed by atoms with E-state index in [1.165, 1.54) is 11.6 Å². The molecule has 0 unspecified atom stereocenters. The number of benzene rings is 1. The molecule has 1 aliphatic heterocycles. The van der Waals surface area contributed by atoms with Gasteiger partial charge in [-0.2, -0.15) is 5.10 Å². The van der Waals surface area contributed by atoms with Gasteiger partial charge in [0.05, 0.1) is 11.4 Å². The number of rotatable bonds is 4. The van der Waals surface area contributed by atoms with Crippen molar-refractivity contribution in [1.82, 2.24) is 14.7 Å². The number of anilines is 2. The SMILES string of the molecule is CCn1cc(CN2CCN(c3ccc(N)cc3F)CC2)c(C)n1. The fraction of sp³-hybridized carbons (Fsp3) is 0.471. The lowest BCUT2D eigenvalue weighted by Gasteiger charge is -2.36. The summed E-state index contributed by atoms with van der Waals surface area (Å²) >= 11 is 0. The van der Waals surface area contributed by atoms with Gasteiger partial charge in [-0.05, 0) is 32.0 Å². The summed E-state index contributed by atoms with van der Waals surface area (Å²) in [6, 6.07) is 4.92. The third-order valence-corrected chi connectivity index (χ3v) is 4.45. The van der Waals surface area contributed by atoms with Crippen LogP contribution in [0.15, 0.2) is 24.4 Å². The van der Waals surface area contributed by atoms with Crippen molar-refractivity contribution in [2.24, 2.45) is 0 Å². The number of nitrogens with zero attached hydrogens (tertiary/aromatic N) is 4. The molecule has 23 heavy (non-hydrogen) atoms. The number of hydrogen-bond donors (Lipinski definition) is 1. The molecular formula is C17H24FN5. The lowest BCUT2D eigenvalue weighted by Crippen LogP contribution is -2.46. The summed E-state index contributed by atoms with van der Waals surface area (Å²) < 4.78 is 16.0.